The summed E-state index contributed by atoms with van der Waals surface area (Å²) in [6, 6.07) is 21.1. The van der Waals surface area contributed by atoms with Crippen molar-refractivity contribution in [3.63, 3.8) is 0 Å². The Hall–Kier alpha value is -2.47. The second kappa shape index (κ2) is 28.5. The van der Waals surface area contributed by atoms with Crippen LogP contribution in [0.4, 0.5) is 0 Å². The van der Waals surface area contributed by atoms with E-state index in [2.05, 4.69) is 74.5 Å². The number of carbonyl (C=O) groups is 2. The molecule has 0 aromatic heterocycles. The van der Waals surface area contributed by atoms with Gasteiger partial charge in [-0.15, -0.1) is 0 Å². The van der Waals surface area contributed by atoms with Crippen molar-refractivity contribution in [2.45, 2.75) is 225 Å². The molecule has 1 fully saturated rings. The zero-order valence-electron chi connectivity index (χ0n) is 44.4. The summed E-state index contributed by atoms with van der Waals surface area (Å²) in [7, 11) is 2.12. The first-order valence-electron chi connectivity index (χ1n) is 26.4. The van der Waals surface area contributed by atoms with Crippen LogP contribution in [0.3, 0.4) is 0 Å². The molecule has 1 saturated heterocycles. The topological polar surface area (TPSA) is 160 Å². The van der Waals surface area contributed by atoms with Gasteiger partial charge in [-0.2, -0.15) is 0 Å². The van der Waals surface area contributed by atoms with Gasteiger partial charge in [-0.3, -0.25) is 9.59 Å². The Morgan fingerprint density at radius 1 is 0.853 bits per heavy atom. The van der Waals surface area contributed by atoms with Crippen LogP contribution in [0, 0.1) is 17.8 Å². The lowest BCUT2D eigenvalue weighted by molar-refractivity contribution is -0.248. The lowest BCUT2D eigenvalue weighted by Crippen LogP contribution is -2.60. The fraction of sp³-hybridized carbons (Fsp3) is 0.750. The smallest absolute Gasteiger partial charge is 0.309 e. The maximum Gasteiger partial charge on any atom is 0.309 e. The molecule has 0 unspecified atom stereocenters. The summed E-state index contributed by atoms with van der Waals surface area (Å²) in [5.74, 6) is -2.23. The number of carbonyl (C=O) groups excluding carboxylic acids is 2. The molecule has 0 bridgehead atoms. The van der Waals surface area contributed by atoms with Gasteiger partial charge in [0, 0.05) is 19.0 Å². The summed E-state index contributed by atoms with van der Waals surface area (Å²) >= 11 is 0. The van der Waals surface area contributed by atoms with Crippen molar-refractivity contribution in [2.75, 3.05) is 26.8 Å². The van der Waals surface area contributed by atoms with Gasteiger partial charge in [0.1, 0.15) is 23.9 Å². The Kier molecular flexibility index (Phi) is 25.1. The van der Waals surface area contributed by atoms with Crippen molar-refractivity contribution in [3.05, 3.63) is 60.7 Å². The SMILES string of the molecule is CCC[C@@H]([C@@H](O)[C@@H](O)O[C@@H]1[C@@H](C)C[C@@H](C)C(=O)O[C@H](CC)[C@@](C)(O)[C@H](O)[C@@H](C)N(C(=O)CCCCCCCCCCC[P+](c2ccccc2)(c2ccccc2)C(C)C)C[C@H](C)C[C@@]1(C)O)N(C)C. The molecule has 3 rings (SSSR count). The monoisotopic (exact) mass is 972 g/mol. The molecule has 1 heterocycles. The third kappa shape index (κ3) is 16.5. The number of rotatable bonds is 23. The molecule has 2 aromatic carbocycles. The Labute approximate surface area is 413 Å². The highest BCUT2D eigenvalue weighted by Gasteiger charge is 2.48. The number of aliphatic hydroxyl groups excluding tert-OH is 3. The van der Waals surface area contributed by atoms with Crippen LogP contribution in [0.15, 0.2) is 60.7 Å². The minimum absolute atomic E-state index is 0.149. The van der Waals surface area contributed by atoms with Crippen LogP contribution in [-0.2, 0) is 19.1 Å². The molecule has 68 heavy (non-hydrogen) atoms. The largest absolute Gasteiger partial charge is 0.459 e. The predicted octanol–water partition coefficient (Wildman–Crippen LogP) is 8.86. The number of esters is 1. The number of nitrogens with zero attached hydrogens (tertiary/aromatic N) is 2. The highest BCUT2D eigenvalue weighted by molar-refractivity contribution is 7.90. The van der Waals surface area contributed by atoms with E-state index in [1.54, 1.807) is 32.6 Å². The van der Waals surface area contributed by atoms with E-state index in [1.165, 1.54) is 49.4 Å². The minimum atomic E-state index is -1.88. The van der Waals surface area contributed by atoms with Gasteiger partial charge in [0.25, 0.3) is 0 Å². The fourth-order valence-corrected chi connectivity index (χ4v) is 15.9. The summed E-state index contributed by atoms with van der Waals surface area (Å²) in [5.41, 5.74) is -2.88. The summed E-state index contributed by atoms with van der Waals surface area (Å²) in [6.07, 6.45) is 6.81. The number of unbranched alkanes of at least 4 members (excludes halogenated alkanes) is 8. The molecular formula is C56H96N2O9P+. The first-order valence-corrected chi connectivity index (χ1v) is 28.4. The lowest BCUT2D eigenvalue weighted by atomic mass is 9.79. The number of hydrogen-bond donors (Lipinski definition) is 5. The van der Waals surface area contributed by atoms with Gasteiger partial charge in [0.2, 0.25) is 5.91 Å². The van der Waals surface area contributed by atoms with E-state index in [9.17, 15) is 35.1 Å². The molecule has 0 radical (unpaired) electrons. The molecule has 0 aliphatic carbocycles. The second-order valence-electron chi connectivity index (χ2n) is 21.6. The second-order valence-corrected chi connectivity index (χ2v) is 25.9. The molecule has 1 amide bonds. The van der Waals surface area contributed by atoms with Crippen molar-refractivity contribution in [2.24, 2.45) is 17.8 Å². The lowest BCUT2D eigenvalue weighted by Gasteiger charge is -2.43. The highest BCUT2D eigenvalue weighted by Crippen LogP contribution is 2.61. The van der Waals surface area contributed by atoms with Crippen LogP contribution < -0.4 is 10.6 Å². The van der Waals surface area contributed by atoms with Crippen LogP contribution in [-0.4, -0.2) is 134 Å². The molecule has 12 heteroatoms. The average molecular weight is 972 g/mol. The van der Waals surface area contributed by atoms with Gasteiger partial charge in [0.05, 0.1) is 53.4 Å². The maximum absolute atomic E-state index is 14.2. The van der Waals surface area contributed by atoms with Crippen molar-refractivity contribution >= 4 is 29.7 Å². The van der Waals surface area contributed by atoms with E-state index in [1.807, 2.05) is 39.8 Å². The van der Waals surface area contributed by atoms with Gasteiger partial charge < -0.3 is 44.8 Å². The molecule has 1 aliphatic rings. The molecule has 1 aliphatic heterocycles. The van der Waals surface area contributed by atoms with E-state index < -0.39 is 79.1 Å². The summed E-state index contributed by atoms with van der Waals surface area (Å²) in [4.78, 5) is 31.4. The van der Waals surface area contributed by atoms with Crippen LogP contribution in [0.1, 0.15) is 166 Å². The Balaban J connectivity index is 1.67. The van der Waals surface area contributed by atoms with Crippen LogP contribution in [0.25, 0.3) is 0 Å². The number of likely N-dealkylation sites (N-methyl/N-ethyl adjacent to an activating group) is 1. The third-order valence-corrected chi connectivity index (χ3v) is 20.3. The zero-order valence-corrected chi connectivity index (χ0v) is 45.3. The summed E-state index contributed by atoms with van der Waals surface area (Å²) in [5, 5.41) is 61.7. The van der Waals surface area contributed by atoms with Crippen molar-refractivity contribution < 1.29 is 44.6 Å². The normalized spacial score (nSPS) is 28.4. The van der Waals surface area contributed by atoms with Gasteiger partial charge in [-0.1, -0.05) is 116 Å². The van der Waals surface area contributed by atoms with Crippen molar-refractivity contribution in [3.8, 4) is 0 Å². The fourth-order valence-electron chi connectivity index (χ4n) is 11.2. The Morgan fingerprint density at radius 3 is 1.85 bits per heavy atom. The van der Waals surface area contributed by atoms with E-state index >= 15 is 0 Å². The predicted molar refractivity (Wildman–Crippen MR) is 280 cm³/mol. The standard InChI is InChI=1S/C56H96N2O9P/c1-13-30-47(57(11)12)50(60)54(63)67-52-42(6)37-43(7)53(62)66-48(14-2)56(10,65)51(61)44(8)58(39-41(5)38-55(52,9)64)49(59)35-28-20-18-16-15-17-19-21-29-36-68(40(3)4,45-31-24-22-25-32-45)46-33-26-23-27-34-46/h22-27,31-34,40-44,47-48,50-52,54,60-61,63-65H,13-21,28-30,35-39H2,1-12H3/q+1/t41-,42+,43-,44-,47+,48-,50-,51-,52-,54+,55-,56-/m1/s1. The minimum Gasteiger partial charge on any atom is -0.459 e. The molecule has 0 spiro atoms. The van der Waals surface area contributed by atoms with Crippen LogP contribution in [0.5, 0.6) is 0 Å². The summed E-state index contributed by atoms with van der Waals surface area (Å²) < 4.78 is 12.2. The first-order chi connectivity index (χ1) is 32.1. The summed E-state index contributed by atoms with van der Waals surface area (Å²) in [6.45, 7) is 19.1. The average Bonchev–Trinajstić information content (AvgIpc) is 3.30. The quantitative estimate of drug-likeness (QED) is 0.0315. The van der Waals surface area contributed by atoms with Crippen LogP contribution >= 0.6 is 7.26 Å². The number of amides is 1. The van der Waals surface area contributed by atoms with E-state index in [4.69, 9.17) is 9.47 Å². The number of cyclic esters (lactones) is 1. The third-order valence-electron chi connectivity index (χ3n) is 15.1. The van der Waals surface area contributed by atoms with Crippen molar-refractivity contribution in [1.29, 1.82) is 0 Å². The highest BCUT2D eigenvalue weighted by atomic mass is 31.2. The van der Waals surface area contributed by atoms with Gasteiger partial charge in [-0.25, -0.2) is 0 Å². The number of benzene rings is 2. The number of hydrogen-bond acceptors (Lipinski definition) is 10. The molecule has 11 nitrogen and oxygen atoms in total. The van der Waals surface area contributed by atoms with Crippen LogP contribution in [0.2, 0.25) is 0 Å². The Bertz CT molecular complexity index is 1690. The number of aliphatic hydroxyl groups is 5. The molecule has 2 aromatic rings. The van der Waals surface area contributed by atoms with E-state index in [-0.39, 0.29) is 44.1 Å². The maximum atomic E-state index is 14.2. The first kappa shape index (κ1) is 59.8. The molecule has 388 valence electrons. The molecule has 12 atom stereocenters. The molecule has 0 saturated carbocycles. The molecule has 5 N–H and O–H groups in total. The zero-order chi connectivity index (χ0) is 50.8. The molecular weight excluding hydrogens is 876 g/mol. The number of ether oxygens (including phenoxy) is 2. The Morgan fingerprint density at radius 2 is 1.37 bits per heavy atom. The van der Waals surface area contributed by atoms with Gasteiger partial charge in [0.15, 0.2) is 6.29 Å². The van der Waals surface area contributed by atoms with E-state index in [0.29, 0.717) is 18.5 Å². The van der Waals surface area contributed by atoms with Gasteiger partial charge in [-0.05, 0) is 130 Å². The van der Waals surface area contributed by atoms with E-state index in [0.717, 1.165) is 32.1 Å². The van der Waals surface area contributed by atoms with Crippen molar-refractivity contribution in [1.82, 2.24) is 9.80 Å². The van der Waals surface area contributed by atoms with Gasteiger partial charge >= 0.3 is 5.97 Å².